The maximum Gasteiger partial charge on any atom is 0.312 e. The molecule has 6 nitrogen and oxygen atoms in total. The molecule has 0 saturated heterocycles. The van der Waals surface area contributed by atoms with Crippen molar-refractivity contribution < 1.29 is 10.0 Å². The number of halogens is 1. The first-order chi connectivity index (χ1) is 11.4. The van der Waals surface area contributed by atoms with Crippen LogP contribution in [0.2, 0.25) is 5.02 Å². The fraction of sp³-hybridized carbons (Fsp3) is 0.176. The van der Waals surface area contributed by atoms with E-state index in [9.17, 15) is 15.2 Å². The van der Waals surface area contributed by atoms with Gasteiger partial charge >= 0.3 is 5.69 Å². The Hall–Kier alpha value is -2.73. The lowest BCUT2D eigenvalue weighted by molar-refractivity contribution is -0.385. The van der Waals surface area contributed by atoms with Gasteiger partial charge in [-0.15, -0.1) is 0 Å². The molecule has 1 aliphatic rings. The summed E-state index contributed by atoms with van der Waals surface area (Å²) in [5.41, 5.74) is 4.15. The molecule has 1 heterocycles. The van der Waals surface area contributed by atoms with Gasteiger partial charge in [-0.05, 0) is 36.6 Å². The number of aromatic hydroxyl groups is 1. The van der Waals surface area contributed by atoms with Gasteiger partial charge in [-0.2, -0.15) is 0 Å². The summed E-state index contributed by atoms with van der Waals surface area (Å²) < 4.78 is 0. The molecule has 2 aromatic carbocycles. The monoisotopic (exact) mass is 345 g/mol. The van der Waals surface area contributed by atoms with E-state index in [2.05, 4.69) is 16.8 Å². The molecule has 0 aliphatic carbocycles. The summed E-state index contributed by atoms with van der Waals surface area (Å²) in [4.78, 5) is 12.2. The Morgan fingerprint density at radius 3 is 2.79 bits per heavy atom. The third-order valence-electron chi connectivity index (χ3n) is 4.14. The number of anilines is 3. The number of hydrogen-bond acceptors (Lipinski definition) is 5. The van der Waals surface area contributed by atoms with E-state index in [-0.39, 0.29) is 5.02 Å². The van der Waals surface area contributed by atoms with Crippen molar-refractivity contribution in [3.05, 3.63) is 63.3 Å². The molecule has 0 bridgehead atoms. The summed E-state index contributed by atoms with van der Waals surface area (Å²) in [7, 11) is 1.98. The number of fused-ring (bicyclic) bond motifs is 1. The maximum atomic E-state index is 10.8. The van der Waals surface area contributed by atoms with Crippen LogP contribution in [0.3, 0.4) is 0 Å². The predicted octanol–water partition coefficient (Wildman–Crippen LogP) is 4.59. The number of nitro benzene ring substituents is 1. The SMILES string of the molecule is C=C1CCc2cc(Nc3cc(O)c([N+](=O)[O-])cc3Cl)ccc2N1C. The summed E-state index contributed by atoms with van der Waals surface area (Å²) in [6.45, 7) is 4.04. The second-order valence-corrected chi connectivity index (χ2v) is 6.08. The van der Waals surface area contributed by atoms with Crippen molar-refractivity contribution in [3.63, 3.8) is 0 Å². The van der Waals surface area contributed by atoms with Gasteiger partial charge in [0.05, 0.1) is 15.6 Å². The smallest absolute Gasteiger partial charge is 0.312 e. The molecule has 1 aliphatic heterocycles. The summed E-state index contributed by atoms with van der Waals surface area (Å²) in [5, 5.41) is 23.8. The fourth-order valence-corrected chi connectivity index (χ4v) is 2.96. The molecule has 7 heteroatoms. The third kappa shape index (κ3) is 2.88. The number of benzene rings is 2. The van der Waals surface area contributed by atoms with Gasteiger partial charge in [0, 0.05) is 36.3 Å². The molecule has 0 unspecified atom stereocenters. The Bertz CT molecular complexity index is 851. The topological polar surface area (TPSA) is 78.6 Å². The summed E-state index contributed by atoms with van der Waals surface area (Å²) in [6, 6.07) is 8.28. The lowest BCUT2D eigenvalue weighted by Gasteiger charge is -2.30. The summed E-state index contributed by atoms with van der Waals surface area (Å²) in [5.74, 6) is -0.430. The molecule has 2 aromatic rings. The first-order valence-corrected chi connectivity index (χ1v) is 7.73. The van der Waals surface area contributed by atoms with E-state index in [1.54, 1.807) is 0 Å². The van der Waals surface area contributed by atoms with Crippen LogP contribution in [0.4, 0.5) is 22.7 Å². The van der Waals surface area contributed by atoms with Crippen LogP contribution in [0.15, 0.2) is 42.6 Å². The van der Waals surface area contributed by atoms with Crippen LogP contribution in [0, 0.1) is 10.1 Å². The van der Waals surface area contributed by atoms with Gasteiger partial charge in [0.2, 0.25) is 0 Å². The number of allylic oxidation sites excluding steroid dienone is 1. The zero-order chi connectivity index (χ0) is 17.4. The molecular weight excluding hydrogens is 330 g/mol. The van der Waals surface area contributed by atoms with E-state index in [1.165, 1.54) is 11.6 Å². The van der Waals surface area contributed by atoms with E-state index < -0.39 is 16.4 Å². The molecule has 3 rings (SSSR count). The zero-order valence-corrected chi connectivity index (χ0v) is 13.8. The number of hydrogen-bond donors (Lipinski definition) is 2. The van der Waals surface area contributed by atoms with Crippen LogP contribution in [0.5, 0.6) is 5.75 Å². The van der Waals surface area contributed by atoms with Crippen molar-refractivity contribution in [1.82, 2.24) is 0 Å². The maximum absolute atomic E-state index is 10.8. The van der Waals surface area contributed by atoms with Gasteiger partial charge in [-0.1, -0.05) is 18.2 Å². The molecule has 0 amide bonds. The summed E-state index contributed by atoms with van der Waals surface area (Å²) in [6.07, 6.45) is 1.79. The molecule has 0 radical (unpaired) electrons. The minimum absolute atomic E-state index is 0.169. The standard InChI is InChI=1S/C17H16ClN3O3/c1-10-3-4-11-7-12(5-6-15(11)20(10)2)19-14-9-17(22)16(21(23)24)8-13(14)18/h5-9,19,22H,1,3-4H2,2H3. The van der Waals surface area contributed by atoms with Crippen molar-refractivity contribution in [3.8, 4) is 5.75 Å². The van der Waals surface area contributed by atoms with E-state index in [1.807, 2.05) is 25.2 Å². The van der Waals surface area contributed by atoms with Gasteiger partial charge in [0.15, 0.2) is 5.75 Å². The molecule has 0 aromatic heterocycles. The van der Waals surface area contributed by atoms with Crippen molar-refractivity contribution in [2.75, 3.05) is 17.3 Å². The van der Waals surface area contributed by atoms with Crippen LogP contribution in [-0.2, 0) is 6.42 Å². The van der Waals surface area contributed by atoms with Gasteiger partial charge in [0.25, 0.3) is 0 Å². The Balaban J connectivity index is 1.91. The molecular formula is C17H16ClN3O3. The number of nitro groups is 1. The zero-order valence-electron chi connectivity index (χ0n) is 13.0. The van der Waals surface area contributed by atoms with E-state index in [4.69, 9.17) is 11.6 Å². The highest BCUT2D eigenvalue weighted by molar-refractivity contribution is 6.33. The highest BCUT2D eigenvalue weighted by atomic mass is 35.5. The summed E-state index contributed by atoms with van der Waals surface area (Å²) >= 11 is 6.08. The third-order valence-corrected chi connectivity index (χ3v) is 4.45. The number of aryl methyl sites for hydroxylation is 1. The molecule has 0 spiro atoms. The Kier molecular flexibility index (Phi) is 4.07. The van der Waals surface area contributed by atoms with Crippen LogP contribution in [0.1, 0.15) is 12.0 Å². The first kappa shape index (κ1) is 16.1. The van der Waals surface area contributed by atoms with Crippen molar-refractivity contribution in [2.45, 2.75) is 12.8 Å². The molecule has 2 N–H and O–H groups in total. The van der Waals surface area contributed by atoms with Crippen molar-refractivity contribution >= 4 is 34.4 Å². The highest BCUT2D eigenvalue weighted by Gasteiger charge is 2.19. The normalized spacial score (nSPS) is 13.6. The average Bonchev–Trinajstić information content (AvgIpc) is 2.54. The quantitative estimate of drug-likeness (QED) is 0.628. The second-order valence-electron chi connectivity index (χ2n) is 5.67. The van der Waals surface area contributed by atoms with Gasteiger partial charge in [-0.25, -0.2) is 0 Å². The number of nitrogens with zero attached hydrogens (tertiary/aromatic N) is 2. The van der Waals surface area contributed by atoms with Crippen molar-refractivity contribution in [1.29, 1.82) is 0 Å². The van der Waals surface area contributed by atoms with Crippen LogP contribution in [0.25, 0.3) is 0 Å². The largest absolute Gasteiger partial charge is 0.502 e. The second kappa shape index (κ2) is 6.05. The lowest BCUT2D eigenvalue weighted by Crippen LogP contribution is -2.21. The Morgan fingerprint density at radius 1 is 1.33 bits per heavy atom. The lowest BCUT2D eigenvalue weighted by atomic mass is 9.99. The van der Waals surface area contributed by atoms with Crippen molar-refractivity contribution in [2.24, 2.45) is 0 Å². The van der Waals surface area contributed by atoms with E-state index in [0.29, 0.717) is 5.69 Å². The Morgan fingerprint density at radius 2 is 2.08 bits per heavy atom. The van der Waals surface area contributed by atoms with Gasteiger partial charge in [0.1, 0.15) is 0 Å². The minimum atomic E-state index is -0.674. The van der Waals surface area contributed by atoms with E-state index >= 15 is 0 Å². The average molecular weight is 346 g/mol. The molecule has 0 atom stereocenters. The molecule has 24 heavy (non-hydrogen) atoms. The highest BCUT2D eigenvalue weighted by Crippen LogP contribution is 2.38. The predicted molar refractivity (Wildman–Crippen MR) is 95.4 cm³/mol. The number of nitrogens with one attached hydrogen (secondary N) is 1. The fourth-order valence-electron chi connectivity index (χ4n) is 2.76. The number of rotatable bonds is 3. The first-order valence-electron chi connectivity index (χ1n) is 7.35. The van der Waals surface area contributed by atoms with Gasteiger partial charge < -0.3 is 15.3 Å². The molecule has 0 fully saturated rings. The van der Waals surface area contributed by atoms with Crippen LogP contribution in [-0.4, -0.2) is 17.1 Å². The molecule has 0 saturated carbocycles. The van der Waals surface area contributed by atoms with E-state index in [0.717, 1.165) is 36.0 Å². The minimum Gasteiger partial charge on any atom is -0.502 e. The van der Waals surface area contributed by atoms with Gasteiger partial charge in [-0.3, -0.25) is 10.1 Å². The Labute approximate surface area is 144 Å². The molecule has 124 valence electrons. The number of phenolic OH excluding ortho intramolecular Hbond substituents is 1. The van der Waals surface area contributed by atoms with Crippen LogP contribution >= 0.6 is 11.6 Å². The number of phenols is 1. The van der Waals surface area contributed by atoms with Crippen LogP contribution < -0.4 is 10.2 Å².